The lowest BCUT2D eigenvalue weighted by molar-refractivity contribution is -0.136. The normalized spacial score (nSPS) is 10.5. The molecule has 0 amide bonds. The highest BCUT2D eigenvalue weighted by Crippen LogP contribution is 2.29. The quantitative estimate of drug-likeness (QED) is 0.933. The fraction of sp³-hybridized carbons (Fsp3) is 0.286. The van der Waals surface area contributed by atoms with E-state index >= 15 is 0 Å². The Morgan fingerprint density at radius 3 is 2.47 bits per heavy atom. The lowest BCUT2D eigenvalue weighted by Crippen LogP contribution is -2.07. The van der Waals surface area contributed by atoms with Crippen LogP contribution in [0.4, 0.5) is 5.69 Å². The van der Waals surface area contributed by atoms with Gasteiger partial charge in [-0.3, -0.25) is 4.79 Å². The lowest BCUT2D eigenvalue weighted by Gasteiger charge is -2.11. The van der Waals surface area contributed by atoms with Gasteiger partial charge in [-0.1, -0.05) is 0 Å². The van der Waals surface area contributed by atoms with Crippen LogP contribution < -0.4 is 4.90 Å². The van der Waals surface area contributed by atoms with Crippen molar-refractivity contribution in [2.75, 3.05) is 19.0 Å². The summed E-state index contributed by atoms with van der Waals surface area (Å²) in [5, 5.41) is 9.72. The number of aromatic nitrogens is 1. The summed E-state index contributed by atoms with van der Waals surface area (Å²) in [7, 11) is 3.99. The van der Waals surface area contributed by atoms with Crippen molar-refractivity contribution < 1.29 is 9.90 Å². The fourth-order valence-corrected chi connectivity index (χ4v) is 2.81. The Hall–Kier alpha value is -1.88. The summed E-state index contributed by atoms with van der Waals surface area (Å²) < 4.78 is 0. The Morgan fingerprint density at radius 2 is 1.95 bits per heavy atom. The van der Waals surface area contributed by atoms with Crippen molar-refractivity contribution in [1.82, 2.24) is 4.98 Å². The van der Waals surface area contributed by atoms with Gasteiger partial charge in [-0.2, -0.15) is 0 Å². The van der Waals surface area contributed by atoms with Crippen LogP contribution in [0.3, 0.4) is 0 Å². The third-order valence-corrected chi connectivity index (χ3v) is 4.04. The summed E-state index contributed by atoms with van der Waals surface area (Å²) in [4.78, 5) is 18.1. The molecule has 4 nitrogen and oxygen atoms in total. The van der Waals surface area contributed by atoms with Gasteiger partial charge in [-0.15, -0.1) is 11.3 Å². The summed E-state index contributed by atoms with van der Waals surface area (Å²) >= 11 is 1.45. The third kappa shape index (κ3) is 3.12. The van der Waals surface area contributed by atoms with Crippen molar-refractivity contribution in [3.8, 4) is 10.6 Å². The van der Waals surface area contributed by atoms with E-state index in [1.165, 1.54) is 11.3 Å². The van der Waals surface area contributed by atoms with Crippen LogP contribution in [0.1, 0.15) is 10.6 Å². The third-order valence-electron chi connectivity index (χ3n) is 2.84. The maximum absolute atomic E-state index is 10.8. The second kappa shape index (κ2) is 5.40. The standard InChI is InChI=1S/C14H16N2O2S/c1-9-12(8-13(17)18)19-14(15-9)10-4-6-11(7-5-10)16(2)3/h4-7H,8H2,1-3H3,(H,17,18). The molecule has 19 heavy (non-hydrogen) atoms. The van der Waals surface area contributed by atoms with Gasteiger partial charge in [-0.25, -0.2) is 4.98 Å². The van der Waals surface area contributed by atoms with Crippen LogP contribution in [0.2, 0.25) is 0 Å². The molecule has 1 aromatic carbocycles. The van der Waals surface area contributed by atoms with Crippen LogP contribution in [0.5, 0.6) is 0 Å². The number of carboxylic acids is 1. The van der Waals surface area contributed by atoms with Gasteiger partial charge < -0.3 is 10.0 Å². The number of hydrogen-bond acceptors (Lipinski definition) is 4. The summed E-state index contributed by atoms with van der Waals surface area (Å²) in [6.07, 6.45) is 0.0410. The number of anilines is 1. The number of carboxylic acid groups (broad SMARTS) is 1. The van der Waals surface area contributed by atoms with Crippen LogP contribution in [-0.4, -0.2) is 30.2 Å². The molecule has 2 aromatic rings. The van der Waals surface area contributed by atoms with Gasteiger partial charge in [0.2, 0.25) is 0 Å². The molecule has 0 radical (unpaired) electrons. The van der Waals surface area contributed by atoms with Crippen LogP contribution >= 0.6 is 11.3 Å². The molecule has 2 rings (SSSR count). The van der Waals surface area contributed by atoms with E-state index in [4.69, 9.17) is 5.11 Å². The highest BCUT2D eigenvalue weighted by molar-refractivity contribution is 7.15. The number of carbonyl (C=O) groups is 1. The Balaban J connectivity index is 2.29. The second-order valence-corrected chi connectivity index (χ2v) is 5.62. The van der Waals surface area contributed by atoms with E-state index < -0.39 is 5.97 Å². The van der Waals surface area contributed by atoms with Gasteiger partial charge in [0.15, 0.2) is 0 Å². The first-order valence-electron chi connectivity index (χ1n) is 5.93. The average molecular weight is 276 g/mol. The molecule has 1 N–H and O–H groups in total. The lowest BCUT2D eigenvalue weighted by atomic mass is 10.2. The van der Waals surface area contributed by atoms with Gasteiger partial charge >= 0.3 is 5.97 Å². The second-order valence-electron chi connectivity index (χ2n) is 4.54. The Kier molecular flexibility index (Phi) is 3.85. The van der Waals surface area contributed by atoms with E-state index in [0.717, 1.165) is 26.8 Å². The minimum Gasteiger partial charge on any atom is -0.481 e. The molecule has 0 aliphatic rings. The predicted molar refractivity (Wildman–Crippen MR) is 78.0 cm³/mol. The number of rotatable bonds is 4. The molecule has 100 valence electrons. The first kappa shape index (κ1) is 13.5. The van der Waals surface area contributed by atoms with Crippen molar-refractivity contribution in [3.05, 3.63) is 34.8 Å². The maximum atomic E-state index is 10.8. The summed E-state index contributed by atoms with van der Waals surface area (Å²) in [6, 6.07) is 8.09. The van der Waals surface area contributed by atoms with E-state index in [9.17, 15) is 4.79 Å². The van der Waals surface area contributed by atoms with Gasteiger partial charge in [-0.05, 0) is 31.2 Å². The Labute approximate surface area is 116 Å². The smallest absolute Gasteiger partial charge is 0.308 e. The molecule has 0 saturated carbocycles. The zero-order chi connectivity index (χ0) is 14.0. The number of aliphatic carboxylic acids is 1. The molecule has 5 heteroatoms. The molecule has 0 aliphatic heterocycles. The fourth-order valence-electron chi connectivity index (χ4n) is 1.76. The molecule has 0 bridgehead atoms. The largest absolute Gasteiger partial charge is 0.481 e. The summed E-state index contributed by atoms with van der Waals surface area (Å²) in [6.45, 7) is 1.85. The molecule has 0 saturated heterocycles. The van der Waals surface area contributed by atoms with E-state index in [0.29, 0.717) is 0 Å². The number of benzene rings is 1. The molecule has 0 fully saturated rings. The van der Waals surface area contributed by atoms with Gasteiger partial charge in [0, 0.05) is 30.2 Å². The number of thiazole rings is 1. The number of hydrogen-bond donors (Lipinski definition) is 1. The van der Waals surface area contributed by atoms with Gasteiger partial charge in [0.1, 0.15) is 5.01 Å². The average Bonchev–Trinajstić information content (AvgIpc) is 2.70. The molecule has 0 spiro atoms. The van der Waals surface area contributed by atoms with Crippen molar-refractivity contribution in [3.63, 3.8) is 0 Å². The minimum absolute atomic E-state index is 0.0410. The van der Waals surface area contributed by atoms with E-state index in [1.54, 1.807) is 0 Å². The summed E-state index contributed by atoms with van der Waals surface area (Å²) in [5.41, 5.74) is 2.96. The monoisotopic (exact) mass is 276 g/mol. The van der Waals surface area contributed by atoms with E-state index in [1.807, 2.05) is 50.2 Å². The van der Waals surface area contributed by atoms with E-state index in [-0.39, 0.29) is 6.42 Å². The van der Waals surface area contributed by atoms with Crippen molar-refractivity contribution >= 4 is 23.0 Å². The Bertz CT molecular complexity index is 588. The van der Waals surface area contributed by atoms with Crippen molar-refractivity contribution in [1.29, 1.82) is 0 Å². The first-order valence-corrected chi connectivity index (χ1v) is 6.75. The van der Waals surface area contributed by atoms with Gasteiger partial charge in [0.25, 0.3) is 0 Å². The molecule has 1 aromatic heterocycles. The zero-order valence-electron chi connectivity index (χ0n) is 11.2. The highest BCUT2D eigenvalue weighted by atomic mass is 32.1. The maximum Gasteiger partial charge on any atom is 0.308 e. The molecule has 0 atom stereocenters. The molecule has 0 unspecified atom stereocenters. The predicted octanol–water partition coefficient (Wildman–Crippen LogP) is 2.81. The number of nitrogens with zero attached hydrogens (tertiary/aromatic N) is 2. The molecule has 1 heterocycles. The Morgan fingerprint density at radius 1 is 1.32 bits per heavy atom. The minimum atomic E-state index is -0.818. The van der Waals surface area contributed by atoms with Crippen molar-refractivity contribution in [2.45, 2.75) is 13.3 Å². The van der Waals surface area contributed by atoms with E-state index in [2.05, 4.69) is 4.98 Å². The zero-order valence-corrected chi connectivity index (χ0v) is 12.0. The number of aryl methyl sites for hydroxylation is 1. The van der Waals surface area contributed by atoms with Crippen LogP contribution in [0.25, 0.3) is 10.6 Å². The SMILES string of the molecule is Cc1nc(-c2ccc(N(C)C)cc2)sc1CC(=O)O. The van der Waals surface area contributed by atoms with Crippen molar-refractivity contribution in [2.24, 2.45) is 0 Å². The molecule has 0 aliphatic carbocycles. The summed E-state index contributed by atoms with van der Waals surface area (Å²) in [5.74, 6) is -0.818. The van der Waals surface area contributed by atoms with Crippen LogP contribution in [0, 0.1) is 6.92 Å². The molecular weight excluding hydrogens is 260 g/mol. The van der Waals surface area contributed by atoms with Gasteiger partial charge in [0.05, 0.1) is 12.1 Å². The first-order chi connectivity index (χ1) is 8.97. The molecular formula is C14H16N2O2S. The van der Waals surface area contributed by atoms with Crippen LogP contribution in [0.15, 0.2) is 24.3 Å². The topological polar surface area (TPSA) is 53.4 Å². The highest BCUT2D eigenvalue weighted by Gasteiger charge is 2.12. The van der Waals surface area contributed by atoms with Crippen LogP contribution in [-0.2, 0) is 11.2 Å².